The number of aryl methyl sites for hydroxylation is 1. The summed E-state index contributed by atoms with van der Waals surface area (Å²) in [5, 5.41) is 20.4. The second kappa shape index (κ2) is 9.98. The molecule has 3 heterocycles. The van der Waals surface area contributed by atoms with E-state index in [1.54, 1.807) is 18.2 Å². The third-order valence-corrected chi connectivity index (χ3v) is 5.87. The topological polar surface area (TPSA) is 119 Å². The summed E-state index contributed by atoms with van der Waals surface area (Å²) in [5.41, 5.74) is 0.261. The maximum absolute atomic E-state index is 13.9. The normalized spacial score (nSPS) is 12.4. The van der Waals surface area contributed by atoms with Gasteiger partial charge in [0.25, 0.3) is 11.8 Å². The van der Waals surface area contributed by atoms with Gasteiger partial charge < -0.3 is 24.0 Å². The molecule has 5 rings (SSSR count). The van der Waals surface area contributed by atoms with Crippen LogP contribution in [0.1, 0.15) is 22.9 Å². The Hall–Kier alpha value is -4.71. The van der Waals surface area contributed by atoms with Gasteiger partial charge in [0.15, 0.2) is 6.10 Å². The van der Waals surface area contributed by atoms with Gasteiger partial charge in [-0.2, -0.15) is 18.2 Å². The number of hydrogen-bond acceptors (Lipinski definition) is 7. The molecule has 0 aliphatic carbocycles. The van der Waals surface area contributed by atoms with E-state index in [0.717, 1.165) is 5.69 Å². The zero-order valence-corrected chi connectivity index (χ0v) is 19.8. The van der Waals surface area contributed by atoms with Crippen molar-refractivity contribution in [2.45, 2.75) is 18.8 Å². The van der Waals surface area contributed by atoms with Crippen molar-refractivity contribution in [2.75, 3.05) is 0 Å². The standard InChI is InChI=1S/C26H20F3N5O4/c1-34-13-5-8-18(34)14-30-24(36)21(35)16-9-11-17(12-10-16)23-31-25(38-33-23)22-19(26(27,28)29)20(32-37-22)15-6-3-2-4-7-15/h2-13,21,35H,14H2,1H3,(H,30,36)/t21-/m1/s1. The molecule has 1 atom stereocenters. The van der Waals surface area contributed by atoms with Crippen LogP contribution in [-0.4, -0.2) is 30.9 Å². The molecular formula is C26H20F3N5O4. The van der Waals surface area contributed by atoms with Crippen molar-refractivity contribution in [3.8, 4) is 34.3 Å². The van der Waals surface area contributed by atoms with Gasteiger partial charge in [0.05, 0.1) is 6.54 Å². The molecule has 0 spiro atoms. The van der Waals surface area contributed by atoms with E-state index >= 15 is 0 Å². The Bertz CT molecular complexity index is 1560. The zero-order chi connectivity index (χ0) is 26.9. The Morgan fingerprint density at radius 2 is 1.74 bits per heavy atom. The molecule has 2 aromatic carbocycles. The lowest BCUT2D eigenvalue weighted by Crippen LogP contribution is -2.29. The fraction of sp³-hybridized carbons (Fsp3) is 0.154. The summed E-state index contributed by atoms with van der Waals surface area (Å²) in [7, 11) is 1.84. The molecule has 12 heteroatoms. The Kier molecular flexibility index (Phi) is 6.55. The van der Waals surface area contributed by atoms with Crippen LogP contribution in [0.25, 0.3) is 34.3 Å². The Labute approximate surface area is 213 Å². The number of nitrogens with one attached hydrogen (secondary N) is 1. The number of aliphatic hydroxyl groups is 1. The van der Waals surface area contributed by atoms with Crippen molar-refractivity contribution in [3.05, 3.63) is 89.7 Å². The average Bonchev–Trinajstić information content (AvgIpc) is 3.66. The lowest BCUT2D eigenvalue weighted by molar-refractivity contribution is -0.137. The second-order valence-electron chi connectivity index (χ2n) is 8.38. The molecule has 194 valence electrons. The van der Waals surface area contributed by atoms with Crippen LogP contribution in [0.5, 0.6) is 0 Å². The van der Waals surface area contributed by atoms with E-state index in [0.29, 0.717) is 11.1 Å². The van der Waals surface area contributed by atoms with Crippen molar-refractivity contribution in [1.82, 2.24) is 25.2 Å². The molecule has 0 aliphatic heterocycles. The molecule has 0 aliphatic rings. The van der Waals surface area contributed by atoms with Crippen molar-refractivity contribution in [3.63, 3.8) is 0 Å². The molecule has 0 unspecified atom stereocenters. The number of aliphatic hydroxyl groups excluding tert-OH is 1. The molecule has 38 heavy (non-hydrogen) atoms. The monoisotopic (exact) mass is 523 g/mol. The summed E-state index contributed by atoms with van der Waals surface area (Å²) >= 11 is 0. The number of halogens is 3. The summed E-state index contributed by atoms with van der Waals surface area (Å²) in [4.78, 5) is 16.4. The number of hydrogen-bond donors (Lipinski definition) is 2. The minimum absolute atomic E-state index is 0.0139. The molecule has 0 bridgehead atoms. The fourth-order valence-electron chi connectivity index (χ4n) is 3.85. The Balaban J connectivity index is 1.35. The number of amides is 1. The van der Waals surface area contributed by atoms with Crippen LogP contribution in [0.2, 0.25) is 0 Å². The summed E-state index contributed by atoms with van der Waals surface area (Å²) < 4.78 is 53.7. The smallest absolute Gasteiger partial charge is 0.378 e. The summed E-state index contributed by atoms with van der Waals surface area (Å²) in [5.74, 6) is -1.79. The van der Waals surface area contributed by atoms with E-state index in [-0.39, 0.29) is 17.9 Å². The molecule has 5 aromatic rings. The maximum Gasteiger partial charge on any atom is 0.422 e. The highest BCUT2D eigenvalue weighted by molar-refractivity contribution is 5.82. The summed E-state index contributed by atoms with van der Waals surface area (Å²) in [6.07, 6.45) is -4.38. The highest BCUT2D eigenvalue weighted by Crippen LogP contribution is 2.43. The van der Waals surface area contributed by atoms with E-state index in [1.807, 2.05) is 29.9 Å². The van der Waals surface area contributed by atoms with E-state index in [9.17, 15) is 23.1 Å². The maximum atomic E-state index is 13.9. The molecule has 1 amide bonds. The summed E-state index contributed by atoms with van der Waals surface area (Å²) in [6.45, 7) is 0.247. The van der Waals surface area contributed by atoms with Gasteiger partial charge in [0.2, 0.25) is 11.6 Å². The predicted molar refractivity (Wildman–Crippen MR) is 128 cm³/mol. The van der Waals surface area contributed by atoms with Crippen molar-refractivity contribution in [2.24, 2.45) is 7.05 Å². The third-order valence-electron chi connectivity index (χ3n) is 5.87. The van der Waals surface area contributed by atoms with E-state index in [1.165, 1.54) is 36.4 Å². The molecule has 9 nitrogen and oxygen atoms in total. The number of nitrogens with zero attached hydrogens (tertiary/aromatic N) is 4. The molecule has 0 radical (unpaired) electrons. The molecule has 0 fully saturated rings. The van der Waals surface area contributed by atoms with Crippen LogP contribution in [0.3, 0.4) is 0 Å². The van der Waals surface area contributed by atoms with Gasteiger partial charge in [0.1, 0.15) is 11.3 Å². The van der Waals surface area contributed by atoms with E-state index < -0.39 is 41.1 Å². The Morgan fingerprint density at radius 1 is 1.00 bits per heavy atom. The van der Waals surface area contributed by atoms with Crippen LogP contribution >= 0.6 is 0 Å². The number of alkyl halides is 3. The van der Waals surface area contributed by atoms with Crippen LogP contribution in [0, 0.1) is 0 Å². The van der Waals surface area contributed by atoms with Crippen LogP contribution < -0.4 is 5.32 Å². The molecule has 0 saturated carbocycles. The number of carbonyl (C=O) groups excluding carboxylic acids is 1. The van der Waals surface area contributed by atoms with Gasteiger partial charge in [-0.3, -0.25) is 4.79 Å². The first-order chi connectivity index (χ1) is 18.2. The highest BCUT2D eigenvalue weighted by atomic mass is 19.4. The second-order valence-corrected chi connectivity index (χ2v) is 8.38. The van der Waals surface area contributed by atoms with Crippen LogP contribution in [-0.2, 0) is 24.6 Å². The highest BCUT2D eigenvalue weighted by Gasteiger charge is 2.43. The van der Waals surface area contributed by atoms with Crippen molar-refractivity contribution < 1.29 is 32.1 Å². The lowest BCUT2D eigenvalue weighted by atomic mass is 10.1. The predicted octanol–water partition coefficient (Wildman–Crippen LogP) is 4.77. The fourth-order valence-corrected chi connectivity index (χ4v) is 3.85. The van der Waals surface area contributed by atoms with Gasteiger partial charge in [-0.15, -0.1) is 0 Å². The molecular weight excluding hydrogens is 503 g/mol. The van der Waals surface area contributed by atoms with Gasteiger partial charge in [-0.1, -0.05) is 64.9 Å². The van der Waals surface area contributed by atoms with Gasteiger partial charge in [-0.25, -0.2) is 0 Å². The number of rotatable bonds is 7. The zero-order valence-electron chi connectivity index (χ0n) is 19.8. The summed E-state index contributed by atoms with van der Waals surface area (Å²) in [6, 6.07) is 17.5. The number of aromatic nitrogens is 4. The largest absolute Gasteiger partial charge is 0.422 e. The molecule has 3 aromatic heterocycles. The van der Waals surface area contributed by atoms with Crippen LogP contribution in [0.4, 0.5) is 13.2 Å². The molecule has 0 saturated heterocycles. The Morgan fingerprint density at radius 3 is 2.39 bits per heavy atom. The number of carbonyl (C=O) groups is 1. The SMILES string of the molecule is Cn1cccc1CNC(=O)[C@H](O)c1ccc(-c2noc(-c3onc(-c4ccccc4)c3C(F)(F)F)n2)cc1. The number of benzene rings is 2. The minimum Gasteiger partial charge on any atom is -0.378 e. The first-order valence-electron chi connectivity index (χ1n) is 11.3. The first-order valence-corrected chi connectivity index (χ1v) is 11.3. The van der Waals surface area contributed by atoms with Crippen molar-refractivity contribution in [1.29, 1.82) is 0 Å². The van der Waals surface area contributed by atoms with Gasteiger partial charge >= 0.3 is 6.18 Å². The lowest BCUT2D eigenvalue weighted by Gasteiger charge is -2.12. The third kappa shape index (κ3) is 4.93. The van der Waals surface area contributed by atoms with E-state index in [4.69, 9.17) is 9.05 Å². The minimum atomic E-state index is -4.80. The van der Waals surface area contributed by atoms with E-state index in [2.05, 4.69) is 20.6 Å². The van der Waals surface area contributed by atoms with Crippen LogP contribution in [0.15, 0.2) is 82.0 Å². The average molecular weight is 523 g/mol. The van der Waals surface area contributed by atoms with Gasteiger partial charge in [-0.05, 0) is 17.7 Å². The first kappa shape index (κ1) is 25.0. The molecule has 2 N–H and O–H groups in total. The van der Waals surface area contributed by atoms with Crippen molar-refractivity contribution >= 4 is 5.91 Å². The quantitative estimate of drug-likeness (QED) is 0.316. The van der Waals surface area contributed by atoms with Gasteiger partial charge in [0, 0.05) is 30.1 Å².